The van der Waals surface area contributed by atoms with Gasteiger partial charge in [0.1, 0.15) is 0 Å². The van der Waals surface area contributed by atoms with E-state index in [4.69, 9.17) is 0 Å². The van der Waals surface area contributed by atoms with Crippen LogP contribution in [0.2, 0.25) is 39.3 Å². The van der Waals surface area contributed by atoms with E-state index < -0.39 is 16.1 Å². The number of benzene rings is 1. The van der Waals surface area contributed by atoms with Crippen LogP contribution in [0.4, 0.5) is 5.69 Å². The summed E-state index contributed by atoms with van der Waals surface area (Å²) in [5.74, 6) is 0.710. The summed E-state index contributed by atoms with van der Waals surface area (Å²) >= 11 is 0. The van der Waals surface area contributed by atoms with Crippen molar-refractivity contribution in [2.45, 2.75) is 70.5 Å². The molecular weight excluding hydrogens is 469 g/mol. The number of fused-ring (bicyclic) bond motifs is 3. The molecule has 0 bridgehead atoms. The number of carbonyl (C=O) groups excluding carboxylic acids is 1. The van der Waals surface area contributed by atoms with Crippen molar-refractivity contribution in [3.63, 3.8) is 0 Å². The number of anilines is 1. The van der Waals surface area contributed by atoms with Crippen molar-refractivity contribution >= 4 is 27.7 Å². The molecule has 4 aliphatic rings. The summed E-state index contributed by atoms with van der Waals surface area (Å²) in [5, 5.41) is 3.40. The van der Waals surface area contributed by atoms with Crippen LogP contribution in [0.5, 0.6) is 0 Å². The van der Waals surface area contributed by atoms with Gasteiger partial charge in [0.05, 0.1) is 22.2 Å². The van der Waals surface area contributed by atoms with Crippen LogP contribution in [-0.4, -0.2) is 28.1 Å². The average Bonchev–Trinajstić information content (AvgIpc) is 3.33. The Morgan fingerprint density at radius 1 is 0.875 bits per heavy atom. The normalized spacial score (nSPS) is 23.6. The molecule has 2 radical (unpaired) electrons. The van der Waals surface area contributed by atoms with Crippen molar-refractivity contribution in [1.82, 2.24) is 0 Å². The van der Waals surface area contributed by atoms with Gasteiger partial charge < -0.3 is 4.90 Å². The van der Waals surface area contributed by atoms with Crippen LogP contribution >= 0.6 is 0 Å². The molecule has 1 aromatic carbocycles. The molecule has 0 unspecified atom stereocenters. The van der Waals surface area contributed by atoms with Crippen LogP contribution in [0.3, 0.4) is 0 Å². The quantitative estimate of drug-likeness (QED) is 0.397. The monoisotopic (exact) mass is 505 g/mol. The third kappa shape index (κ3) is 4.63. The minimum absolute atomic E-state index is 0. The maximum absolute atomic E-state index is 13.0. The molecule has 2 aliphatic carbocycles. The van der Waals surface area contributed by atoms with Crippen LogP contribution in [0.15, 0.2) is 70.6 Å². The van der Waals surface area contributed by atoms with Crippen LogP contribution in [0.1, 0.15) is 30.7 Å². The molecule has 5 rings (SSSR count). The van der Waals surface area contributed by atoms with Crippen molar-refractivity contribution in [1.29, 1.82) is 0 Å². The molecule has 172 valence electrons. The minimum Gasteiger partial charge on any atom is -0.304 e. The number of hydrogen-bond acceptors (Lipinski definition) is 1. The van der Waals surface area contributed by atoms with Crippen molar-refractivity contribution in [2.75, 3.05) is 4.90 Å². The molecule has 32 heavy (non-hydrogen) atoms. The topological polar surface area (TPSA) is 20.3 Å². The van der Waals surface area contributed by atoms with Gasteiger partial charge in [0.25, 0.3) is 0 Å². The van der Waals surface area contributed by atoms with E-state index >= 15 is 0 Å². The smallest absolute Gasteiger partial charge is 0.227 e. The second-order valence-corrected chi connectivity index (χ2v) is 21.2. The van der Waals surface area contributed by atoms with Crippen molar-refractivity contribution < 1.29 is 21.6 Å². The van der Waals surface area contributed by atoms with E-state index in [0.29, 0.717) is 18.2 Å². The Kier molecular flexibility index (Phi) is 7.45. The summed E-state index contributed by atoms with van der Waals surface area (Å²) in [6, 6.07) is 8.94. The SMILES string of the molecule is C[Si](C)(C)C1=C([Si](C)(C)C)[C@H]2c3ccccc3N3C(=O)CCCC(=C1)[C@@H]23.[CH]1C=CC=C1.[Co]. The molecule has 0 spiro atoms. The number of hydrogen-bond donors (Lipinski definition) is 0. The largest absolute Gasteiger partial charge is 0.304 e. The summed E-state index contributed by atoms with van der Waals surface area (Å²) in [4.78, 5) is 15.2. The van der Waals surface area contributed by atoms with Crippen molar-refractivity contribution in [3.05, 3.63) is 82.6 Å². The molecule has 0 N–H and O–H groups in total. The zero-order chi connectivity index (χ0) is 22.4. The van der Waals surface area contributed by atoms with Crippen LogP contribution in [-0.2, 0) is 21.6 Å². The van der Waals surface area contributed by atoms with E-state index in [2.05, 4.69) is 74.5 Å². The van der Waals surface area contributed by atoms with Gasteiger partial charge in [-0.3, -0.25) is 4.79 Å². The molecule has 1 amide bonds. The Hall–Kier alpha value is -1.41. The van der Waals surface area contributed by atoms with Gasteiger partial charge in [-0.25, -0.2) is 0 Å². The van der Waals surface area contributed by atoms with Crippen molar-refractivity contribution in [3.8, 4) is 0 Å². The van der Waals surface area contributed by atoms with E-state index in [9.17, 15) is 4.79 Å². The first-order valence-corrected chi connectivity index (χ1v) is 18.6. The summed E-state index contributed by atoms with van der Waals surface area (Å²) in [6.45, 7) is 14.9. The molecule has 1 aromatic rings. The fourth-order valence-corrected chi connectivity index (χ4v) is 11.5. The predicted octanol–water partition coefficient (Wildman–Crippen LogP) is 6.97. The fourth-order valence-electron chi connectivity index (χ4n) is 5.53. The van der Waals surface area contributed by atoms with Gasteiger partial charge in [0.2, 0.25) is 5.91 Å². The standard InChI is InChI=1S/C22H31NOSi2.C5H5.Co/c1-25(2,3)18-14-15-10-9-13-19(24)23-17-12-8-7-11-16(17)20(21(15)23)22(18)26(4,5)6;1-2-4-5-3-1;/h7-8,11-12,14,20-21H,9-10,13H2,1-6H3;1-5H;/t20-,21-;;/m0../s1. The molecule has 2 atom stereocenters. The predicted molar refractivity (Wildman–Crippen MR) is 139 cm³/mol. The van der Waals surface area contributed by atoms with Gasteiger partial charge >= 0.3 is 0 Å². The molecular formula is C27H36CoNOSi2. The van der Waals surface area contributed by atoms with Crippen LogP contribution < -0.4 is 4.90 Å². The Morgan fingerprint density at radius 3 is 2.09 bits per heavy atom. The van der Waals surface area contributed by atoms with E-state index in [0.717, 1.165) is 12.8 Å². The second kappa shape index (κ2) is 9.45. The van der Waals surface area contributed by atoms with Gasteiger partial charge in [-0.15, -0.1) is 0 Å². The van der Waals surface area contributed by atoms with E-state index in [1.165, 1.54) is 16.8 Å². The summed E-state index contributed by atoms with van der Waals surface area (Å²) in [6.07, 6.45) is 15.3. The first-order valence-electron chi connectivity index (χ1n) is 11.6. The summed E-state index contributed by atoms with van der Waals surface area (Å²) in [7, 11) is -3.00. The average molecular weight is 506 g/mol. The number of amides is 1. The number of rotatable bonds is 2. The van der Waals surface area contributed by atoms with Gasteiger partial charge in [-0.1, -0.05) is 98.3 Å². The van der Waals surface area contributed by atoms with E-state index in [1.54, 1.807) is 10.4 Å². The first kappa shape index (κ1) is 25.2. The van der Waals surface area contributed by atoms with Gasteiger partial charge in [-0.2, -0.15) is 0 Å². The van der Waals surface area contributed by atoms with Crippen LogP contribution in [0.25, 0.3) is 0 Å². The maximum atomic E-state index is 13.0. The molecule has 1 saturated heterocycles. The molecule has 1 fully saturated rings. The first-order chi connectivity index (χ1) is 14.6. The van der Waals surface area contributed by atoms with Gasteiger partial charge in [-0.05, 0) is 30.0 Å². The Labute approximate surface area is 206 Å². The molecule has 0 saturated carbocycles. The summed E-state index contributed by atoms with van der Waals surface area (Å²) in [5.41, 5.74) is 4.08. The van der Waals surface area contributed by atoms with Crippen LogP contribution in [0, 0.1) is 6.42 Å². The number of para-hydroxylation sites is 1. The Morgan fingerprint density at radius 2 is 1.53 bits per heavy atom. The zero-order valence-corrected chi connectivity index (χ0v) is 23.3. The maximum Gasteiger partial charge on any atom is 0.227 e. The summed E-state index contributed by atoms with van der Waals surface area (Å²) < 4.78 is 0. The third-order valence-corrected chi connectivity index (χ3v) is 11.2. The zero-order valence-electron chi connectivity index (χ0n) is 20.2. The third-order valence-electron chi connectivity index (χ3n) is 6.73. The molecule has 2 heterocycles. The Balaban J connectivity index is 0.000000427. The van der Waals surface area contributed by atoms with Crippen molar-refractivity contribution in [2.24, 2.45) is 0 Å². The molecule has 2 nitrogen and oxygen atoms in total. The molecule has 5 heteroatoms. The van der Waals surface area contributed by atoms with E-state index in [-0.39, 0.29) is 22.8 Å². The molecule has 0 aromatic heterocycles. The molecule has 2 aliphatic heterocycles. The Bertz CT molecular complexity index is 997. The minimum atomic E-state index is -1.54. The fraction of sp³-hybridized carbons (Fsp3) is 0.407. The van der Waals surface area contributed by atoms with E-state index in [1.807, 2.05) is 30.7 Å². The van der Waals surface area contributed by atoms with Gasteiger partial charge in [0, 0.05) is 41.2 Å². The number of allylic oxidation sites excluding steroid dienone is 6. The van der Waals surface area contributed by atoms with Gasteiger partial charge in [0.15, 0.2) is 0 Å². The second-order valence-electron chi connectivity index (χ2n) is 11.1. The number of nitrogens with zero attached hydrogens (tertiary/aromatic N) is 1. The number of carbonyl (C=O) groups is 1.